The highest BCUT2D eigenvalue weighted by Gasteiger charge is 2.34. The molecule has 0 radical (unpaired) electrons. The van der Waals surface area contributed by atoms with Crippen molar-refractivity contribution in [2.45, 2.75) is 38.7 Å². The van der Waals surface area contributed by atoms with Gasteiger partial charge in [-0.3, -0.25) is 9.89 Å². The van der Waals surface area contributed by atoms with Crippen LogP contribution in [0.3, 0.4) is 0 Å². The van der Waals surface area contributed by atoms with Gasteiger partial charge in [0.1, 0.15) is 0 Å². The lowest BCUT2D eigenvalue weighted by Gasteiger charge is -2.20. The Hall–Kier alpha value is -1.07. The highest BCUT2D eigenvalue weighted by Crippen LogP contribution is 2.19. The van der Waals surface area contributed by atoms with Crippen LogP contribution in [-0.2, 0) is 17.9 Å². The van der Waals surface area contributed by atoms with Crippen molar-refractivity contribution in [3.05, 3.63) is 35.4 Å². The van der Waals surface area contributed by atoms with Gasteiger partial charge in [0.25, 0.3) is 0 Å². The number of aliphatic imine (C=N–C) groups is 1. The molecular formula is C18H28F3IN4O. The number of nitrogens with one attached hydrogen (secondary N) is 2. The fourth-order valence-corrected chi connectivity index (χ4v) is 2.89. The average Bonchev–Trinajstić information content (AvgIpc) is 3.02. The summed E-state index contributed by atoms with van der Waals surface area (Å²) in [6.07, 6.45) is -3.48. The number of rotatable bonds is 7. The van der Waals surface area contributed by atoms with Crippen molar-refractivity contribution >= 4 is 29.9 Å². The molecule has 5 nitrogen and oxygen atoms in total. The van der Waals surface area contributed by atoms with E-state index in [-0.39, 0.29) is 30.0 Å². The Bertz CT molecular complexity index is 581. The third kappa shape index (κ3) is 9.11. The zero-order valence-corrected chi connectivity index (χ0v) is 18.0. The van der Waals surface area contributed by atoms with Crippen molar-refractivity contribution in [2.75, 3.05) is 33.3 Å². The lowest BCUT2D eigenvalue weighted by molar-refractivity contribution is -0.143. The van der Waals surface area contributed by atoms with Gasteiger partial charge in [0.15, 0.2) is 5.96 Å². The molecule has 9 heteroatoms. The Morgan fingerprint density at radius 1 is 1.26 bits per heavy atom. The summed E-state index contributed by atoms with van der Waals surface area (Å²) in [5, 5.41) is 6.41. The molecule has 154 valence electrons. The molecule has 27 heavy (non-hydrogen) atoms. The number of halogens is 4. The molecule has 1 fully saturated rings. The van der Waals surface area contributed by atoms with Crippen LogP contribution in [0.2, 0.25) is 0 Å². The second-order valence-electron chi connectivity index (χ2n) is 6.36. The van der Waals surface area contributed by atoms with E-state index < -0.39 is 12.7 Å². The molecule has 0 amide bonds. The molecule has 0 aromatic heterocycles. The van der Waals surface area contributed by atoms with Gasteiger partial charge in [-0.25, -0.2) is 0 Å². The third-order valence-corrected chi connectivity index (χ3v) is 4.20. The number of nitrogens with zero attached hydrogens (tertiary/aromatic N) is 2. The van der Waals surface area contributed by atoms with Crippen LogP contribution in [0.15, 0.2) is 29.3 Å². The summed E-state index contributed by atoms with van der Waals surface area (Å²) in [6, 6.07) is 8.06. The van der Waals surface area contributed by atoms with Gasteiger partial charge < -0.3 is 15.4 Å². The van der Waals surface area contributed by atoms with E-state index in [4.69, 9.17) is 4.74 Å². The van der Waals surface area contributed by atoms with Crippen molar-refractivity contribution in [2.24, 2.45) is 4.99 Å². The zero-order chi connectivity index (χ0) is 19.0. The number of hydrogen-bond acceptors (Lipinski definition) is 3. The minimum atomic E-state index is -4.15. The Kier molecular flexibility index (Phi) is 10.4. The van der Waals surface area contributed by atoms with Gasteiger partial charge in [0.05, 0.1) is 13.2 Å². The van der Waals surface area contributed by atoms with E-state index in [1.807, 2.05) is 31.2 Å². The largest absolute Gasteiger partial charge is 0.401 e. The van der Waals surface area contributed by atoms with Crippen LogP contribution >= 0.6 is 24.0 Å². The molecule has 1 saturated heterocycles. The molecule has 1 unspecified atom stereocenters. The summed E-state index contributed by atoms with van der Waals surface area (Å²) in [5.74, 6) is 0.599. The zero-order valence-electron chi connectivity index (χ0n) is 15.7. The maximum atomic E-state index is 12.5. The SMILES string of the molecule is CCOCc1ccc(CNC(=NC)NC2CCN(CC(F)(F)F)C2)cc1.I. The second kappa shape index (κ2) is 11.7. The maximum Gasteiger partial charge on any atom is 0.401 e. The second-order valence-corrected chi connectivity index (χ2v) is 6.36. The molecule has 2 N–H and O–H groups in total. The van der Waals surface area contributed by atoms with Crippen LogP contribution in [0.25, 0.3) is 0 Å². The van der Waals surface area contributed by atoms with Gasteiger partial charge in [0, 0.05) is 39.3 Å². The monoisotopic (exact) mass is 500 g/mol. The van der Waals surface area contributed by atoms with E-state index in [0.717, 1.165) is 11.1 Å². The Balaban J connectivity index is 0.00000364. The van der Waals surface area contributed by atoms with Gasteiger partial charge in [-0.2, -0.15) is 13.2 Å². The fourth-order valence-electron chi connectivity index (χ4n) is 2.89. The van der Waals surface area contributed by atoms with Crippen molar-refractivity contribution in [1.82, 2.24) is 15.5 Å². The van der Waals surface area contributed by atoms with Gasteiger partial charge in [-0.05, 0) is 24.5 Å². The predicted octanol–water partition coefficient (Wildman–Crippen LogP) is 3.14. The minimum Gasteiger partial charge on any atom is -0.377 e. The lowest BCUT2D eigenvalue weighted by atomic mass is 10.1. The highest BCUT2D eigenvalue weighted by atomic mass is 127. The lowest BCUT2D eigenvalue weighted by Crippen LogP contribution is -2.44. The van der Waals surface area contributed by atoms with Crippen LogP contribution in [0.4, 0.5) is 13.2 Å². The number of alkyl halides is 3. The van der Waals surface area contributed by atoms with Crippen molar-refractivity contribution < 1.29 is 17.9 Å². The standard InChI is InChI=1S/C18H27F3N4O.HI/c1-3-26-12-15-6-4-14(5-7-15)10-23-17(22-2)24-16-8-9-25(11-16)13-18(19,20)21;/h4-7,16H,3,8-13H2,1-2H3,(H2,22,23,24);1H. The number of guanidine groups is 1. The third-order valence-electron chi connectivity index (χ3n) is 4.20. The van der Waals surface area contributed by atoms with E-state index in [2.05, 4.69) is 15.6 Å². The number of hydrogen-bond donors (Lipinski definition) is 2. The molecule has 1 aromatic rings. The first kappa shape index (κ1) is 24.0. The summed E-state index contributed by atoms with van der Waals surface area (Å²) < 4.78 is 42.8. The van der Waals surface area contributed by atoms with E-state index in [1.54, 1.807) is 7.05 Å². The molecule has 0 saturated carbocycles. The molecule has 2 rings (SSSR count). The number of ether oxygens (including phenoxy) is 1. The maximum absolute atomic E-state index is 12.5. The summed E-state index contributed by atoms with van der Waals surface area (Å²) in [4.78, 5) is 5.58. The molecule has 0 bridgehead atoms. The Morgan fingerprint density at radius 3 is 2.52 bits per heavy atom. The van der Waals surface area contributed by atoms with Crippen LogP contribution in [-0.4, -0.2) is 56.4 Å². The van der Waals surface area contributed by atoms with Crippen LogP contribution < -0.4 is 10.6 Å². The molecule has 1 atom stereocenters. The van der Waals surface area contributed by atoms with Gasteiger partial charge in [0.2, 0.25) is 0 Å². The quantitative estimate of drug-likeness (QED) is 0.343. The van der Waals surface area contributed by atoms with Crippen LogP contribution in [0, 0.1) is 0 Å². The molecule has 0 aliphatic carbocycles. The predicted molar refractivity (Wildman–Crippen MR) is 111 cm³/mol. The Labute approximate surface area is 175 Å². The Morgan fingerprint density at radius 2 is 1.93 bits per heavy atom. The first-order chi connectivity index (χ1) is 12.4. The first-order valence-corrected chi connectivity index (χ1v) is 8.81. The highest BCUT2D eigenvalue weighted by molar-refractivity contribution is 14.0. The van der Waals surface area contributed by atoms with Crippen LogP contribution in [0.1, 0.15) is 24.5 Å². The van der Waals surface area contributed by atoms with Crippen molar-refractivity contribution in [1.29, 1.82) is 0 Å². The number of likely N-dealkylation sites (tertiary alicyclic amines) is 1. The summed E-state index contributed by atoms with van der Waals surface area (Å²) in [5.41, 5.74) is 2.21. The molecule has 1 aliphatic rings. The molecular weight excluding hydrogens is 472 g/mol. The van der Waals surface area contributed by atoms with Crippen molar-refractivity contribution in [3.63, 3.8) is 0 Å². The average molecular weight is 500 g/mol. The van der Waals surface area contributed by atoms with E-state index in [1.165, 1.54) is 4.90 Å². The smallest absolute Gasteiger partial charge is 0.377 e. The van der Waals surface area contributed by atoms with Gasteiger partial charge >= 0.3 is 6.18 Å². The van der Waals surface area contributed by atoms with Gasteiger partial charge in [-0.15, -0.1) is 24.0 Å². The van der Waals surface area contributed by atoms with E-state index in [9.17, 15) is 13.2 Å². The number of benzene rings is 1. The molecule has 1 aliphatic heterocycles. The van der Waals surface area contributed by atoms with E-state index in [0.29, 0.717) is 45.2 Å². The van der Waals surface area contributed by atoms with Crippen LogP contribution in [0.5, 0.6) is 0 Å². The molecule has 1 aromatic carbocycles. The topological polar surface area (TPSA) is 48.9 Å². The summed E-state index contributed by atoms with van der Waals surface area (Å²) in [6.45, 7) is 3.79. The minimum absolute atomic E-state index is 0. The van der Waals surface area contributed by atoms with E-state index >= 15 is 0 Å². The molecule has 1 heterocycles. The first-order valence-electron chi connectivity index (χ1n) is 8.81. The summed E-state index contributed by atoms with van der Waals surface area (Å²) in [7, 11) is 1.66. The van der Waals surface area contributed by atoms with Gasteiger partial charge in [-0.1, -0.05) is 24.3 Å². The normalized spacial score (nSPS) is 18.3. The summed E-state index contributed by atoms with van der Waals surface area (Å²) >= 11 is 0. The molecule has 0 spiro atoms. The fraction of sp³-hybridized carbons (Fsp3) is 0.611. The van der Waals surface area contributed by atoms with Crippen molar-refractivity contribution in [3.8, 4) is 0 Å².